The number of likely N-dealkylation sites (N-methyl/N-ethyl adjacent to an activating group) is 1. The van der Waals surface area contributed by atoms with Gasteiger partial charge in [-0.25, -0.2) is 13.8 Å². The first-order valence-electron chi connectivity index (χ1n) is 16.2. The molecule has 1 amide bonds. The second-order valence-electron chi connectivity index (χ2n) is 11.7. The zero-order valence-electron chi connectivity index (χ0n) is 29.1. The number of aryl methyl sites for hydroxylation is 1. The topological polar surface area (TPSA) is 79.2 Å². The van der Waals surface area contributed by atoms with Gasteiger partial charge in [-0.1, -0.05) is 70.4 Å². The number of unbranched alkanes of at least 4 members (excludes halogenated alkanes) is 1. The molecule has 1 aromatic heterocycles. The predicted octanol–water partition coefficient (Wildman–Crippen LogP) is 9.75. The van der Waals surface area contributed by atoms with Gasteiger partial charge in [0.1, 0.15) is 17.4 Å². The van der Waals surface area contributed by atoms with Gasteiger partial charge in [0, 0.05) is 17.8 Å². The van der Waals surface area contributed by atoms with E-state index in [2.05, 4.69) is 57.2 Å². The average Bonchev–Trinajstić information content (AvgIpc) is 3.49. The van der Waals surface area contributed by atoms with E-state index in [1.807, 2.05) is 42.0 Å². The molecular formula is C37H58F2N4O2. The molecule has 8 heteroatoms. The zero-order valence-corrected chi connectivity index (χ0v) is 29.1. The first kappa shape index (κ1) is 41.5. The summed E-state index contributed by atoms with van der Waals surface area (Å²) in [4.78, 5) is 16.2. The van der Waals surface area contributed by atoms with Crippen molar-refractivity contribution in [2.75, 3.05) is 12.4 Å². The molecule has 0 spiro atoms. The van der Waals surface area contributed by atoms with Crippen LogP contribution in [0.25, 0.3) is 0 Å². The van der Waals surface area contributed by atoms with Crippen LogP contribution in [0.2, 0.25) is 0 Å². The van der Waals surface area contributed by atoms with Crippen LogP contribution in [0.3, 0.4) is 0 Å². The fourth-order valence-corrected chi connectivity index (χ4v) is 3.93. The molecular weight excluding hydrogens is 570 g/mol. The summed E-state index contributed by atoms with van der Waals surface area (Å²) in [5.74, 6) is 0.0396. The fraction of sp³-hybridized carbons (Fsp3) is 0.514. The maximum atomic E-state index is 13.1. The molecule has 3 rings (SSSR count). The standard InChI is InChI=1S/C13H24N4O.C10H10F2.C10H14O.C4H10/c1-6-7-10(14-5)12(18)16-11-8-17(9-15-11)13(2,3)4;11-8-5-7-3-1-2-4-9(7)10(12)6-8;1-3-5-6-7-8-9-10(11)4-2;1-3-4-2/h8-10,14H,6-7H2,1-5H3,(H,16,18);5-6H,1-4H2;3-9,11H,1-2H3;3-4H2,1-2H3/b;;5-3+,7-6-,9-8-,10-4-;. The molecule has 0 radical (unpaired) electrons. The number of anilines is 1. The number of carbonyl (C=O) groups excluding carboxylic acids is 1. The van der Waals surface area contributed by atoms with E-state index in [9.17, 15) is 13.6 Å². The van der Waals surface area contributed by atoms with Gasteiger partial charge in [0.05, 0.1) is 12.4 Å². The Kier molecular flexibility index (Phi) is 21.9. The summed E-state index contributed by atoms with van der Waals surface area (Å²) in [6.45, 7) is 16.4. The minimum atomic E-state index is -0.451. The number of amides is 1. The van der Waals surface area contributed by atoms with Gasteiger partial charge in [0.2, 0.25) is 5.91 Å². The molecule has 1 aliphatic rings. The Labute approximate surface area is 271 Å². The molecule has 0 bridgehead atoms. The van der Waals surface area contributed by atoms with Crippen LogP contribution in [0.4, 0.5) is 14.6 Å². The van der Waals surface area contributed by atoms with E-state index < -0.39 is 5.82 Å². The highest BCUT2D eigenvalue weighted by Gasteiger charge is 2.18. The van der Waals surface area contributed by atoms with Crippen molar-refractivity contribution in [3.8, 4) is 0 Å². The highest BCUT2D eigenvalue weighted by atomic mass is 19.1. The first-order valence-corrected chi connectivity index (χ1v) is 16.2. The van der Waals surface area contributed by atoms with Crippen LogP contribution < -0.4 is 10.6 Å². The quantitative estimate of drug-likeness (QED) is 0.191. The van der Waals surface area contributed by atoms with Crippen LogP contribution in [0.5, 0.6) is 0 Å². The van der Waals surface area contributed by atoms with Crippen molar-refractivity contribution in [3.05, 3.63) is 95.7 Å². The number of aliphatic hydroxyl groups is 1. The van der Waals surface area contributed by atoms with E-state index in [0.29, 0.717) is 5.82 Å². The number of imidazole rings is 1. The van der Waals surface area contributed by atoms with E-state index in [4.69, 9.17) is 5.11 Å². The number of aliphatic hydroxyl groups excluding tert-OH is 1. The number of fused-ring (bicyclic) bond motifs is 1. The summed E-state index contributed by atoms with van der Waals surface area (Å²) in [6.07, 6.45) is 24.4. The van der Waals surface area contributed by atoms with Crippen LogP contribution in [-0.2, 0) is 23.2 Å². The van der Waals surface area contributed by atoms with Crippen LogP contribution in [0, 0.1) is 11.6 Å². The van der Waals surface area contributed by atoms with Crippen molar-refractivity contribution >= 4 is 11.7 Å². The van der Waals surface area contributed by atoms with Gasteiger partial charge in [-0.15, -0.1) is 0 Å². The third kappa shape index (κ3) is 18.1. The number of aromatic nitrogens is 2. The van der Waals surface area contributed by atoms with E-state index >= 15 is 0 Å². The Hall–Kier alpha value is -3.52. The van der Waals surface area contributed by atoms with Gasteiger partial charge < -0.3 is 20.3 Å². The van der Waals surface area contributed by atoms with Crippen molar-refractivity contribution in [3.63, 3.8) is 0 Å². The lowest BCUT2D eigenvalue weighted by molar-refractivity contribution is -0.118. The lowest BCUT2D eigenvalue weighted by Crippen LogP contribution is -2.38. The molecule has 6 nitrogen and oxygen atoms in total. The summed E-state index contributed by atoms with van der Waals surface area (Å²) in [5, 5.41) is 14.8. The maximum absolute atomic E-state index is 13.1. The molecule has 0 saturated carbocycles. The Morgan fingerprint density at radius 3 is 2.20 bits per heavy atom. The highest BCUT2D eigenvalue weighted by Crippen LogP contribution is 2.24. The molecule has 1 atom stereocenters. The normalized spacial score (nSPS) is 13.7. The van der Waals surface area contributed by atoms with Crippen LogP contribution in [-0.4, -0.2) is 33.7 Å². The zero-order chi connectivity index (χ0) is 34.3. The monoisotopic (exact) mass is 628 g/mol. The Morgan fingerprint density at radius 1 is 1.02 bits per heavy atom. The van der Waals surface area contributed by atoms with E-state index in [-0.39, 0.29) is 29.1 Å². The lowest BCUT2D eigenvalue weighted by atomic mass is 9.91. The number of allylic oxidation sites excluding steroid dienone is 7. The number of nitrogens with zero attached hydrogens (tertiary/aromatic N) is 2. The molecule has 0 fully saturated rings. The van der Waals surface area contributed by atoms with Crippen molar-refractivity contribution in [2.45, 2.75) is 118 Å². The number of hydrogen-bond donors (Lipinski definition) is 3. The largest absolute Gasteiger partial charge is 0.508 e. The Bertz CT molecular complexity index is 1220. The number of halogens is 2. The van der Waals surface area contributed by atoms with Gasteiger partial charge in [-0.2, -0.15) is 0 Å². The minimum absolute atomic E-state index is 0.0260. The van der Waals surface area contributed by atoms with Crippen LogP contribution in [0.1, 0.15) is 105 Å². The number of benzene rings is 1. The molecule has 1 aromatic carbocycles. The number of carbonyl (C=O) groups is 1. The van der Waals surface area contributed by atoms with E-state index in [1.165, 1.54) is 18.9 Å². The lowest BCUT2D eigenvalue weighted by Gasteiger charge is -2.19. The Balaban J connectivity index is 0.000000628. The third-order valence-electron chi connectivity index (χ3n) is 6.81. The van der Waals surface area contributed by atoms with Gasteiger partial charge in [-0.3, -0.25) is 4.79 Å². The summed E-state index contributed by atoms with van der Waals surface area (Å²) < 4.78 is 27.8. The summed E-state index contributed by atoms with van der Waals surface area (Å²) in [7, 11) is 1.80. The van der Waals surface area contributed by atoms with Crippen molar-refractivity contribution < 1.29 is 18.7 Å². The Morgan fingerprint density at radius 2 is 1.67 bits per heavy atom. The number of rotatable bonds is 9. The third-order valence-corrected chi connectivity index (χ3v) is 6.81. The van der Waals surface area contributed by atoms with Crippen molar-refractivity contribution in [1.82, 2.24) is 14.9 Å². The van der Waals surface area contributed by atoms with Gasteiger partial charge in [-0.05, 0) is 103 Å². The molecule has 1 unspecified atom stereocenters. The van der Waals surface area contributed by atoms with Crippen molar-refractivity contribution in [2.24, 2.45) is 0 Å². The smallest absolute Gasteiger partial charge is 0.242 e. The summed E-state index contributed by atoms with van der Waals surface area (Å²) in [6, 6.07) is 2.27. The fourth-order valence-electron chi connectivity index (χ4n) is 3.93. The SMILES string of the molecule is C/C=C(O)/C=C\C=C/C=C/C.CCCC.CCCC(NC)C(=O)Nc1cn(C(C)(C)C)cn1.Fc1cc(F)c2c(c1)CCCC2. The first-order chi connectivity index (χ1) is 21.4. The average molecular weight is 629 g/mol. The van der Waals surface area contributed by atoms with E-state index in [1.54, 1.807) is 38.5 Å². The van der Waals surface area contributed by atoms with Crippen LogP contribution in [0.15, 0.2) is 72.9 Å². The molecule has 0 saturated heterocycles. The van der Waals surface area contributed by atoms with Crippen molar-refractivity contribution in [1.29, 1.82) is 0 Å². The molecule has 2 aromatic rings. The summed E-state index contributed by atoms with van der Waals surface area (Å²) in [5.41, 5.74) is 1.56. The van der Waals surface area contributed by atoms with Gasteiger partial charge in [0.15, 0.2) is 5.82 Å². The second-order valence-corrected chi connectivity index (χ2v) is 11.7. The second kappa shape index (κ2) is 23.8. The summed E-state index contributed by atoms with van der Waals surface area (Å²) >= 11 is 0. The van der Waals surface area contributed by atoms with E-state index in [0.717, 1.165) is 55.7 Å². The molecule has 1 heterocycles. The van der Waals surface area contributed by atoms with Gasteiger partial charge in [0.25, 0.3) is 0 Å². The predicted molar refractivity (Wildman–Crippen MR) is 187 cm³/mol. The highest BCUT2D eigenvalue weighted by molar-refractivity contribution is 5.93. The van der Waals surface area contributed by atoms with Gasteiger partial charge >= 0.3 is 0 Å². The van der Waals surface area contributed by atoms with Crippen LogP contribution >= 0.6 is 0 Å². The molecule has 0 aliphatic heterocycles. The molecule has 3 N–H and O–H groups in total. The number of hydrogen-bond acceptors (Lipinski definition) is 4. The number of nitrogens with one attached hydrogen (secondary N) is 2. The minimum Gasteiger partial charge on any atom is -0.508 e. The molecule has 252 valence electrons. The maximum Gasteiger partial charge on any atom is 0.242 e. The molecule has 45 heavy (non-hydrogen) atoms. The molecule has 1 aliphatic carbocycles.